The molecule has 0 bridgehead atoms. The predicted octanol–water partition coefficient (Wildman–Crippen LogP) is 0.0802. The van der Waals surface area contributed by atoms with E-state index in [1.807, 2.05) is 0 Å². The van der Waals surface area contributed by atoms with E-state index in [0.717, 1.165) is 26.4 Å². The molecule has 0 aromatic rings. The topological polar surface area (TPSA) is 27.7 Å². The Labute approximate surface area is 86.0 Å². The SMILES string of the molecule is CC[SiH2]OCCOCCO[SiH2]CC. The summed E-state index contributed by atoms with van der Waals surface area (Å²) in [6, 6.07) is 2.43. The van der Waals surface area contributed by atoms with E-state index < -0.39 is 0 Å². The number of ether oxygens (including phenoxy) is 1. The van der Waals surface area contributed by atoms with Gasteiger partial charge in [-0.05, 0) is 12.1 Å². The van der Waals surface area contributed by atoms with Crippen LogP contribution in [0.1, 0.15) is 13.8 Å². The summed E-state index contributed by atoms with van der Waals surface area (Å²) in [4.78, 5) is 0. The van der Waals surface area contributed by atoms with Crippen molar-refractivity contribution in [2.45, 2.75) is 25.9 Å². The van der Waals surface area contributed by atoms with Crippen molar-refractivity contribution in [1.82, 2.24) is 0 Å². The fraction of sp³-hybridized carbons (Fsp3) is 1.00. The first-order chi connectivity index (χ1) is 6.41. The van der Waals surface area contributed by atoms with Crippen molar-refractivity contribution in [1.29, 1.82) is 0 Å². The van der Waals surface area contributed by atoms with Crippen LogP contribution in [0, 0.1) is 0 Å². The summed E-state index contributed by atoms with van der Waals surface area (Å²) in [7, 11) is -0.461. The Bertz CT molecular complexity index is 83.5. The third kappa shape index (κ3) is 12.3. The van der Waals surface area contributed by atoms with Gasteiger partial charge in [0.15, 0.2) is 19.5 Å². The molecule has 5 heteroatoms. The number of hydrogen-bond donors (Lipinski definition) is 0. The lowest BCUT2D eigenvalue weighted by molar-refractivity contribution is 0.0783. The smallest absolute Gasteiger partial charge is 0.161 e. The van der Waals surface area contributed by atoms with Crippen molar-refractivity contribution in [3.63, 3.8) is 0 Å². The zero-order valence-corrected chi connectivity index (χ0v) is 11.7. The van der Waals surface area contributed by atoms with Crippen LogP contribution in [0.3, 0.4) is 0 Å². The molecule has 0 N–H and O–H groups in total. The highest BCUT2D eigenvalue weighted by molar-refractivity contribution is 6.27. The van der Waals surface area contributed by atoms with Crippen LogP contribution in [-0.2, 0) is 13.6 Å². The van der Waals surface area contributed by atoms with Crippen LogP contribution in [0.15, 0.2) is 0 Å². The van der Waals surface area contributed by atoms with Crippen molar-refractivity contribution in [2.24, 2.45) is 0 Å². The molecule has 0 aromatic carbocycles. The van der Waals surface area contributed by atoms with Crippen molar-refractivity contribution in [3.8, 4) is 0 Å². The maximum atomic E-state index is 5.39. The summed E-state index contributed by atoms with van der Waals surface area (Å²) in [5.74, 6) is 0. The van der Waals surface area contributed by atoms with Crippen molar-refractivity contribution in [3.05, 3.63) is 0 Å². The second-order valence-electron chi connectivity index (χ2n) is 2.84. The van der Waals surface area contributed by atoms with Crippen LogP contribution < -0.4 is 0 Å². The lowest BCUT2D eigenvalue weighted by atomic mass is 10.7. The van der Waals surface area contributed by atoms with Crippen molar-refractivity contribution in [2.75, 3.05) is 26.4 Å². The van der Waals surface area contributed by atoms with Gasteiger partial charge in [0, 0.05) is 0 Å². The number of hydrogen-bond acceptors (Lipinski definition) is 3. The first-order valence-electron chi connectivity index (χ1n) is 5.15. The highest BCUT2D eigenvalue weighted by Gasteiger charge is 1.89. The molecular weight excluding hydrogens is 200 g/mol. The first-order valence-corrected chi connectivity index (χ1v) is 8.30. The van der Waals surface area contributed by atoms with Gasteiger partial charge in [-0.2, -0.15) is 0 Å². The van der Waals surface area contributed by atoms with E-state index in [2.05, 4.69) is 13.8 Å². The average Bonchev–Trinajstić information content (AvgIpc) is 2.16. The molecule has 0 unspecified atom stereocenters. The summed E-state index contributed by atoms with van der Waals surface area (Å²) in [5.41, 5.74) is 0. The Morgan fingerprint density at radius 1 is 0.769 bits per heavy atom. The van der Waals surface area contributed by atoms with E-state index in [1.165, 1.54) is 12.1 Å². The van der Waals surface area contributed by atoms with Gasteiger partial charge in [-0.25, -0.2) is 0 Å². The molecule has 80 valence electrons. The maximum Gasteiger partial charge on any atom is 0.161 e. The van der Waals surface area contributed by atoms with Crippen LogP contribution in [0.5, 0.6) is 0 Å². The third-order valence-corrected chi connectivity index (χ3v) is 3.41. The summed E-state index contributed by atoms with van der Waals surface area (Å²) in [6.07, 6.45) is 0. The van der Waals surface area contributed by atoms with Gasteiger partial charge < -0.3 is 13.6 Å². The molecular formula is C8H22O3Si2. The van der Waals surface area contributed by atoms with E-state index in [4.69, 9.17) is 13.6 Å². The van der Waals surface area contributed by atoms with Crippen molar-refractivity contribution < 1.29 is 13.6 Å². The molecule has 0 aliphatic carbocycles. The largest absolute Gasteiger partial charge is 0.422 e. The zero-order valence-electron chi connectivity index (χ0n) is 8.88. The van der Waals surface area contributed by atoms with Gasteiger partial charge in [0.2, 0.25) is 0 Å². The normalized spacial score (nSPS) is 12.5. The van der Waals surface area contributed by atoms with Gasteiger partial charge in [0.25, 0.3) is 0 Å². The molecule has 0 atom stereocenters. The molecule has 0 aliphatic rings. The molecule has 3 nitrogen and oxygen atoms in total. The second-order valence-corrected chi connectivity index (χ2v) is 6.47. The predicted molar refractivity (Wildman–Crippen MR) is 60.8 cm³/mol. The molecule has 0 amide bonds. The minimum atomic E-state index is -0.230. The molecule has 13 heavy (non-hydrogen) atoms. The summed E-state index contributed by atoms with van der Waals surface area (Å²) in [5, 5.41) is 0. The van der Waals surface area contributed by atoms with Crippen molar-refractivity contribution >= 4 is 19.5 Å². The Morgan fingerprint density at radius 2 is 1.23 bits per heavy atom. The monoisotopic (exact) mass is 222 g/mol. The van der Waals surface area contributed by atoms with Crippen LogP contribution in [0.25, 0.3) is 0 Å². The van der Waals surface area contributed by atoms with Crippen LogP contribution in [-0.4, -0.2) is 46.0 Å². The van der Waals surface area contributed by atoms with Crippen LogP contribution >= 0.6 is 0 Å². The van der Waals surface area contributed by atoms with E-state index in [0.29, 0.717) is 0 Å². The van der Waals surface area contributed by atoms with Gasteiger partial charge in [-0.3, -0.25) is 0 Å². The van der Waals surface area contributed by atoms with Crippen LogP contribution in [0.2, 0.25) is 12.1 Å². The zero-order chi connectivity index (χ0) is 9.78. The van der Waals surface area contributed by atoms with E-state index in [1.54, 1.807) is 0 Å². The molecule has 0 saturated heterocycles. The molecule has 0 rings (SSSR count). The molecule has 0 aliphatic heterocycles. The first kappa shape index (κ1) is 13.3. The average molecular weight is 222 g/mol. The molecule has 0 spiro atoms. The Balaban J connectivity index is 2.76. The molecule has 0 aromatic heterocycles. The molecule has 0 saturated carbocycles. The highest BCUT2D eigenvalue weighted by Crippen LogP contribution is 1.82. The Hall–Kier alpha value is 0.314. The fourth-order valence-corrected chi connectivity index (χ4v) is 2.05. The molecule has 0 heterocycles. The van der Waals surface area contributed by atoms with Gasteiger partial charge in [-0.1, -0.05) is 13.8 Å². The Kier molecular flexibility index (Phi) is 12.6. The van der Waals surface area contributed by atoms with E-state index >= 15 is 0 Å². The van der Waals surface area contributed by atoms with Crippen LogP contribution in [0.4, 0.5) is 0 Å². The number of rotatable bonds is 10. The summed E-state index contributed by atoms with van der Waals surface area (Å²) >= 11 is 0. The van der Waals surface area contributed by atoms with Gasteiger partial charge >= 0.3 is 0 Å². The summed E-state index contributed by atoms with van der Waals surface area (Å²) in [6.45, 7) is 7.32. The Morgan fingerprint density at radius 3 is 1.62 bits per heavy atom. The second kappa shape index (κ2) is 12.3. The van der Waals surface area contributed by atoms with E-state index in [9.17, 15) is 0 Å². The minimum absolute atomic E-state index is 0.230. The molecule has 0 fully saturated rings. The molecule has 0 radical (unpaired) electrons. The third-order valence-electron chi connectivity index (χ3n) is 1.44. The minimum Gasteiger partial charge on any atom is -0.422 e. The quantitative estimate of drug-likeness (QED) is 0.387. The van der Waals surface area contributed by atoms with Gasteiger partial charge in [0.1, 0.15) is 0 Å². The maximum absolute atomic E-state index is 5.39. The standard InChI is InChI=1S/C8H22O3Si2/c1-3-12-10-7-5-9-6-8-11-13-4-2/h3-8,12-13H2,1-2H3. The lowest BCUT2D eigenvalue weighted by Crippen LogP contribution is -2.11. The highest BCUT2D eigenvalue weighted by atomic mass is 28.2. The van der Waals surface area contributed by atoms with E-state index in [-0.39, 0.29) is 19.5 Å². The fourth-order valence-electron chi connectivity index (χ4n) is 0.831. The van der Waals surface area contributed by atoms with Gasteiger partial charge in [-0.15, -0.1) is 0 Å². The van der Waals surface area contributed by atoms with Gasteiger partial charge in [0.05, 0.1) is 26.4 Å². The summed E-state index contributed by atoms with van der Waals surface area (Å²) < 4.78 is 16.1. The lowest BCUT2D eigenvalue weighted by Gasteiger charge is -2.05.